The number of carbonyl (C=O) groups excluding carboxylic acids is 1. The van der Waals surface area contributed by atoms with E-state index in [1.54, 1.807) is 31.2 Å². The Morgan fingerprint density at radius 2 is 2.07 bits per heavy atom. The summed E-state index contributed by atoms with van der Waals surface area (Å²) < 4.78 is 10.9. The van der Waals surface area contributed by atoms with E-state index in [2.05, 4.69) is 11.6 Å². The molecule has 0 spiro atoms. The number of cyclic esters (lactones) is 1. The Kier molecular flexibility index (Phi) is 5.35. The fraction of sp³-hybridized carbons (Fsp3) is 0.143. The van der Waals surface area contributed by atoms with Crippen LogP contribution in [0, 0.1) is 17.0 Å². The lowest BCUT2D eigenvalue weighted by atomic mass is 10.1. The quantitative estimate of drug-likeness (QED) is 0.247. The number of para-hydroxylation sites is 1. The van der Waals surface area contributed by atoms with Gasteiger partial charge in [-0.1, -0.05) is 24.8 Å². The molecule has 0 atom stereocenters. The number of aryl methyl sites for hydroxylation is 1. The summed E-state index contributed by atoms with van der Waals surface area (Å²) in [5.41, 5.74) is 2.62. The Labute approximate surface area is 161 Å². The average molecular weight is 378 g/mol. The summed E-state index contributed by atoms with van der Waals surface area (Å²) in [5, 5.41) is 11.0. The Morgan fingerprint density at radius 1 is 1.32 bits per heavy atom. The van der Waals surface area contributed by atoms with Crippen molar-refractivity contribution < 1.29 is 19.2 Å². The minimum Gasteiger partial charge on any atom is -0.489 e. The monoisotopic (exact) mass is 378 g/mol. The molecule has 0 bridgehead atoms. The van der Waals surface area contributed by atoms with Gasteiger partial charge < -0.3 is 9.47 Å². The first-order valence-electron chi connectivity index (χ1n) is 8.49. The van der Waals surface area contributed by atoms with Gasteiger partial charge in [-0.3, -0.25) is 10.1 Å². The van der Waals surface area contributed by atoms with Gasteiger partial charge in [0.05, 0.1) is 4.92 Å². The molecule has 0 saturated carbocycles. The first-order valence-corrected chi connectivity index (χ1v) is 8.49. The van der Waals surface area contributed by atoms with E-state index in [0.717, 1.165) is 5.57 Å². The topological polar surface area (TPSA) is 91.0 Å². The van der Waals surface area contributed by atoms with Crippen LogP contribution < -0.4 is 4.74 Å². The first kappa shape index (κ1) is 19.0. The van der Waals surface area contributed by atoms with Gasteiger partial charge in [0, 0.05) is 22.8 Å². The molecule has 2 aromatic carbocycles. The van der Waals surface area contributed by atoms with E-state index in [9.17, 15) is 14.9 Å². The molecule has 7 nitrogen and oxygen atoms in total. The zero-order chi connectivity index (χ0) is 20.3. The highest BCUT2D eigenvalue weighted by molar-refractivity contribution is 6.13. The van der Waals surface area contributed by atoms with Gasteiger partial charge in [-0.25, -0.2) is 9.79 Å². The van der Waals surface area contributed by atoms with E-state index in [0.29, 0.717) is 29.0 Å². The van der Waals surface area contributed by atoms with E-state index in [4.69, 9.17) is 9.47 Å². The standard InChI is InChI=1S/C21H18N2O5/c1-13(2)12-27-19-7-5-4-6-15(19)11-17-21(24)28-20(22-17)16-8-9-18(23(25)26)14(3)10-16/h4-11H,1,12H2,2-3H3/b17-11-. The number of carbonyl (C=O) groups is 1. The van der Waals surface area contributed by atoms with Crippen LogP contribution in [0.25, 0.3) is 6.08 Å². The lowest BCUT2D eigenvalue weighted by Gasteiger charge is -2.08. The molecule has 0 N–H and O–H groups in total. The minimum atomic E-state index is -0.597. The number of ether oxygens (including phenoxy) is 2. The summed E-state index contributed by atoms with van der Waals surface area (Å²) in [7, 11) is 0. The summed E-state index contributed by atoms with van der Waals surface area (Å²) in [4.78, 5) is 27.0. The number of hydrogen-bond acceptors (Lipinski definition) is 6. The smallest absolute Gasteiger partial charge is 0.363 e. The van der Waals surface area contributed by atoms with Crippen LogP contribution in [-0.4, -0.2) is 23.4 Å². The maximum Gasteiger partial charge on any atom is 0.363 e. The molecule has 2 aromatic rings. The Hall–Kier alpha value is -3.74. The first-order chi connectivity index (χ1) is 13.3. The molecule has 3 rings (SSSR count). The maximum atomic E-state index is 12.2. The molecule has 1 aliphatic heterocycles. The van der Waals surface area contributed by atoms with E-state index in [1.165, 1.54) is 12.1 Å². The zero-order valence-corrected chi connectivity index (χ0v) is 15.5. The van der Waals surface area contributed by atoms with Gasteiger partial charge in [0.2, 0.25) is 5.90 Å². The van der Waals surface area contributed by atoms with Crippen molar-refractivity contribution in [3.63, 3.8) is 0 Å². The normalized spacial score (nSPS) is 14.6. The van der Waals surface area contributed by atoms with Crippen molar-refractivity contribution >= 4 is 23.6 Å². The van der Waals surface area contributed by atoms with Gasteiger partial charge >= 0.3 is 5.97 Å². The molecule has 1 aliphatic rings. The second-order valence-electron chi connectivity index (χ2n) is 6.38. The van der Waals surface area contributed by atoms with Gasteiger partial charge in [-0.15, -0.1) is 0 Å². The van der Waals surface area contributed by atoms with Crippen LogP contribution >= 0.6 is 0 Å². The molecule has 0 aliphatic carbocycles. The second kappa shape index (κ2) is 7.87. The fourth-order valence-corrected chi connectivity index (χ4v) is 2.61. The van der Waals surface area contributed by atoms with Crippen LogP contribution in [0.3, 0.4) is 0 Å². The summed E-state index contributed by atoms with van der Waals surface area (Å²) in [6.45, 7) is 7.64. The molecule has 0 unspecified atom stereocenters. The number of esters is 1. The third kappa shape index (κ3) is 4.15. The molecule has 0 saturated heterocycles. The number of hydrogen-bond donors (Lipinski definition) is 0. The molecule has 0 fully saturated rings. The predicted octanol–water partition coefficient (Wildman–Crippen LogP) is 4.20. The molecule has 0 aromatic heterocycles. The Balaban J connectivity index is 1.91. The van der Waals surface area contributed by atoms with Crippen molar-refractivity contribution in [2.45, 2.75) is 13.8 Å². The number of nitro groups is 1. The van der Waals surface area contributed by atoms with E-state index in [-0.39, 0.29) is 17.3 Å². The summed E-state index contributed by atoms with van der Waals surface area (Å²) in [5.74, 6) is 0.107. The predicted molar refractivity (Wildman–Crippen MR) is 105 cm³/mol. The molecule has 28 heavy (non-hydrogen) atoms. The number of benzene rings is 2. The highest BCUT2D eigenvalue weighted by atomic mass is 16.6. The van der Waals surface area contributed by atoms with Crippen LogP contribution in [0.4, 0.5) is 5.69 Å². The summed E-state index contributed by atoms with van der Waals surface area (Å²) in [6.07, 6.45) is 1.58. The third-order valence-corrected chi connectivity index (χ3v) is 3.95. The number of nitrogens with zero attached hydrogens (tertiary/aromatic N) is 2. The Bertz CT molecular complexity index is 1040. The Morgan fingerprint density at radius 3 is 2.75 bits per heavy atom. The highest BCUT2D eigenvalue weighted by Crippen LogP contribution is 2.26. The number of aliphatic imine (C=N–C) groups is 1. The molecular weight excluding hydrogens is 360 g/mol. The molecule has 0 amide bonds. The molecule has 1 heterocycles. The molecule has 7 heteroatoms. The van der Waals surface area contributed by atoms with Gasteiger partial charge in [-0.05, 0) is 43.7 Å². The van der Waals surface area contributed by atoms with Gasteiger partial charge in [0.1, 0.15) is 12.4 Å². The van der Waals surface area contributed by atoms with Crippen molar-refractivity contribution in [1.29, 1.82) is 0 Å². The fourth-order valence-electron chi connectivity index (χ4n) is 2.61. The second-order valence-corrected chi connectivity index (χ2v) is 6.38. The van der Waals surface area contributed by atoms with Gasteiger partial charge in [-0.2, -0.15) is 0 Å². The zero-order valence-electron chi connectivity index (χ0n) is 15.5. The van der Waals surface area contributed by atoms with Crippen molar-refractivity contribution in [3.05, 3.63) is 87.1 Å². The van der Waals surface area contributed by atoms with Gasteiger partial charge in [0.15, 0.2) is 5.70 Å². The van der Waals surface area contributed by atoms with Crippen molar-refractivity contribution in [2.24, 2.45) is 4.99 Å². The van der Waals surface area contributed by atoms with Crippen LogP contribution in [0.15, 0.2) is 65.3 Å². The molecule has 142 valence electrons. The molecular formula is C21H18N2O5. The van der Waals surface area contributed by atoms with Gasteiger partial charge in [0.25, 0.3) is 5.69 Å². The van der Waals surface area contributed by atoms with Crippen molar-refractivity contribution in [1.82, 2.24) is 0 Å². The van der Waals surface area contributed by atoms with Crippen molar-refractivity contribution in [3.8, 4) is 5.75 Å². The van der Waals surface area contributed by atoms with E-state index in [1.807, 2.05) is 19.1 Å². The third-order valence-electron chi connectivity index (χ3n) is 3.95. The van der Waals surface area contributed by atoms with Crippen LogP contribution in [0.5, 0.6) is 5.75 Å². The van der Waals surface area contributed by atoms with Crippen LogP contribution in [-0.2, 0) is 9.53 Å². The lowest BCUT2D eigenvalue weighted by molar-refractivity contribution is -0.385. The van der Waals surface area contributed by atoms with E-state index < -0.39 is 10.9 Å². The molecule has 0 radical (unpaired) electrons. The SMILES string of the molecule is C=C(C)COc1ccccc1/C=C1\N=C(c2ccc([N+](=O)[O-])c(C)c2)OC1=O. The lowest BCUT2D eigenvalue weighted by Crippen LogP contribution is -2.06. The van der Waals surface area contributed by atoms with Crippen LogP contribution in [0.2, 0.25) is 0 Å². The van der Waals surface area contributed by atoms with Crippen molar-refractivity contribution in [2.75, 3.05) is 6.61 Å². The largest absolute Gasteiger partial charge is 0.489 e. The summed E-state index contributed by atoms with van der Waals surface area (Å²) >= 11 is 0. The average Bonchev–Trinajstić information content (AvgIpc) is 3.01. The minimum absolute atomic E-state index is 0.00646. The summed E-state index contributed by atoms with van der Waals surface area (Å²) in [6, 6.07) is 11.7. The number of rotatable bonds is 6. The van der Waals surface area contributed by atoms with Crippen LogP contribution in [0.1, 0.15) is 23.6 Å². The van der Waals surface area contributed by atoms with E-state index >= 15 is 0 Å². The maximum absolute atomic E-state index is 12.2. The highest BCUT2D eigenvalue weighted by Gasteiger charge is 2.25. The number of nitro benzene ring substituents is 1.